The number of benzene rings is 2. The van der Waals surface area contributed by atoms with Crippen LogP contribution in [-0.4, -0.2) is 51.4 Å². The molecular formula is C24H33NO5. The summed E-state index contributed by atoms with van der Waals surface area (Å²) in [5.41, 5.74) is 10.8. The fourth-order valence-electron chi connectivity index (χ4n) is 3.83. The topological polar surface area (TPSA) is 116 Å². The van der Waals surface area contributed by atoms with Crippen molar-refractivity contribution < 1.29 is 25.2 Å². The molecule has 1 heterocycles. The van der Waals surface area contributed by atoms with Crippen LogP contribution in [0.3, 0.4) is 0 Å². The second kappa shape index (κ2) is 9.90. The lowest BCUT2D eigenvalue weighted by atomic mass is 9.89. The number of hydrogen-bond donors (Lipinski definition) is 5. The van der Waals surface area contributed by atoms with E-state index in [-0.39, 0.29) is 0 Å². The van der Waals surface area contributed by atoms with Gasteiger partial charge in [-0.05, 0) is 53.5 Å². The number of ether oxygens (including phenoxy) is 1. The van der Waals surface area contributed by atoms with E-state index in [9.17, 15) is 20.4 Å². The van der Waals surface area contributed by atoms with Gasteiger partial charge in [0.15, 0.2) is 0 Å². The van der Waals surface area contributed by atoms with Gasteiger partial charge in [-0.3, -0.25) is 0 Å². The van der Waals surface area contributed by atoms with Crippen molar-refractivity contribution in [3.05, 3.63) is 64.7 Å². The number of aryl methyl sites for hydroxylation is 1. The number of hydrogen-bond acceptors (Lipinski definition) is 6. The van der Waals surface area contributed by atoms with Gasteiger partial charge >= 0.3 is 0 Å². The van der Waals surface area contributed by atoms with Crippen molar-refractivity contribution in [3.63, 3.8) is 0 Å². The Balaban J connectivity index is 1.77. The van der Waals surface area contributed by atoms with Crippen molar-refractivity contribution in [2.24, 2.45) is 5.92 Å². The van der Waals surface area contributed by atoms with Crippen LogP contribution >= 0.6 is 0 Å². The van der Waals surface area contributed by atoms with Gasteiger partial charge in [-0.25, -0.2) is 0 Å². The molecule has 2 aromatic carbocycles. The molecule has 3 rings (SSSR count). The number of aliphatic hydroxyl groups excluding tert-OH is 4. The van der Waals surface area contributed by atoms with Crippen molar-refractivity contribution in [2.75, 3.05) is 12.3 Å². The highest BCUT2D eigenvalue weighted by Crippen LogP contribution is 2.34. The molecule has 6 N–H and O–H groups in total. The summed E-state index contributed by atoms with van der Waals surface area (Å²) in [4.78, 5) is 0. The van der Waals surface area contributed by atoms with Gasteiger partial charge in [-0.15, -0.1) is 0 Å². The Labute approximate surface area is 177 Å². The molecule has 0 unspecified atom stereocenters. The Morgan fingerprint density at radius 2 is 1.60 bits per heavy atom. The van der Waals surface area contributed by atoms with Crippen LogP contribution in [0.5, 0.6) is 0 Å². The van der Waals surface area contributed by atoms with E-state index < -0.39 is 37.1 Å². The average Bonchev–Trinajstić information content (AvgIpc) is 2.73. The van der Waals surface area contributed by atoms with Gasteiger partial charge in [0.25, 0.3) is 0 Å². The third-order valence-electron chi connectivity index (χ3n) is 5.82. The van der Waals surface area contributed by atoms with E-state index in [1.807, 2.05) is 6.07 Å². The minimum atomic E-state index is -1.40. The van der Waals surface area contributed by atoms with Crippen LogP contribution in [-0.2, 0) is 17.6 Å². The highest BCUT2D eigenvalue weighted by molar-refractivity contribution is 5.51. The smallest absolute Gasteiger partial charge is 0.113 e. The van der Waals surface area contributed by atoms with E-state index in [1.54, 1.807) is 12.1 Å². The van der Waals surface area contributed by atoms with Crippen molar-refractivity contribution in [2.45, 2.75) is 63.6 Å². The SMILES string of the molecule is CC(C)CCc1ccc(Cc2cc([C@@H]3O[C@H](CO)[C@@H](O)[C@H](O)[C@H]3O)ccc2N)cc1. The summed E-state index contributed by atoms with van der Waals surface area (Å²) in [5, 5.41) is 39.9. The summed E-state index contributed by atoms with van der Waals surface area (Å²) >= 11 is 0. The Kier molecular flexibility index (Phi) is 7.50. The van der Waals surface area contributed by atoms with Crippen molar-refractivity contribution >= 4 is 5.69 Å². The van der Waals surface area contributed by atoms with Crippen LogP contribution in [0, 0.1) is 5.92 Å². The first-order valence-corrected chi connectivity index (χ1v) is 10.6. The summed E-state index contributed by atoms with van der Waals surface area (Å²) in [6, 6.07) is 13.9. The van der Waals surface area contributed by atoms with Crippen molar-refractivity contribution in [1.29, 1.82) is 0 Å². The lowest BCUT2D eigenvalue weighted by molar-refractivity contribution is -0.231. The quantitative estimate of drug-likeness (QED) is 0.442. The summed E-state index contributed by atoms with van der Waals surface area (Å²) in [7, 11) is 0. The van der Waals surface area contributed by atoms with Crippen LogP contribution in [0.1, 0.15) is 48.6 Å². The fraction of sp³-hybridized carbons (Fsp3) is 0.500. The van der Waals surface area contributed by atoms with Crippen molar-refractivity contribution in [3.8, 4) is 0 Å². The standard InChI is InChI=1S/C24H33NO5/c1-14(2)3-4-15-5-7-16(8-6-15)11-18-12-17(9-10-19(18)25)24-23(29)22(28)21(27)20(13-26)30-24/h5-10,12,14,20-24,26-29H,3-4,11,13,25H2,1-2H3/t20-,21-,22+,23-,24+/m1/s1. The lowest BCUT2D eigenvalue weighted by Gasteiger charge is -2.40. The molecule has 6 heteroatoms. The zero-order chi connectivity index (χ0) is 21.8. The predicted octanol–water partition coefficient (Wildman–Crippen LogP) is 1.96. The van der Waals surface area contributed by atoms with Crippen molar-refractivity contribution in [1.82, 2.24) is 0 Å². The molecule has 0 amide bonds. The first-order chi connectivity index (χ1) is 14.3. The first-order valence-electron chi connectivity index (χ1n) is 10.6. The minimum Gasteiger partial charge on any atom is -0.398 e. The van der Waals surface area contributed by atoms with Crippen LogP contribution in [0.25, 0.3) is 0 Å². The number of aliphatic hydroxyl groups is 4. The monoisotopic (exact) mass is 415 g/mol. The summed E-state index contributed by atoms with van der Waals surface area (Å²) in [5.74, 6) is 0.676. The Morgan fingerprint density at radius 1 is 0.933 bits per heavy atom. The lowest BCUT2D eigenvalue weighted by Crippen LogP contribution is -2.55. The fourth-order valence-corrected chi connectivity index (χ4v) is 3.83. The van der Waals surface area contributed by atoms with Gasteiger partial charge in [0.2, 0.25) is 0 Å². The summed E-state index contributed by atoms with van der Waals surface area (Å²) in [6.45, 7) is 3.99. The van der Waals surface area contributed by atoms with Gasteiger partial charge < -0.3 is 30.9 Å². The minimum absolute atomic E-state index is 0.452. The molecule has 2 aromatic rings. The van der Waals surface area contributed by atoms with Gasteiger partial charge in [-0.1, -0.05) is 50.2 Å². The van der Waals surface area contributed by atoms with Gasteiger partial charge in [0.05, 0.1) is 6.61 Å². The predicted molar refractivity (Wildman–Crippen MR) is 116 cm³/mol. The Hall–Kier alpha value is -1.96. The maximum atomic E-state index is 10.4. The van der Waals surface area contributed by atoms with Crippen LogP contribution in [0.4, 0.5) is 5.69 Å². The van der Waals surface area contributed by atoms with E-state index in [0.717, 1.165) is 24.0 Å². The Morgan fingerprint density at radius 3 is 2.23 bits per heavy atom. The molecule has 0 aromatic heterocycles. The van der Waals surface area contributed by atoms with E-state index in [1.165, 1.54) is 5.56 Å². The molecule has 0 saturated carbocycles. The van der Waals surface area contributed by atoms with E-state index in [2.05, 4.69) is 38.1 Å². The normalized spacial score (nSPS) is 26.8. The molecule has 0 spiro atoms. The third kappa shape index (κ3) is 5.20. The molecule has 1 saturated heterocycles. The number of nitrogen functional groups attached to an aromatic ring is 1. The molecule has 0 bridgehead atoms. The highest BCUT2D eigenvalue weighted by atomic mass is 16.5. The number of nitrogens with two attached hydrogens (primary N) is 1. The summed E-state index contributed by atoms with van der Waals surface area (Å²) in [6.07, 6.45) is -3.03. The van der Waals surface area contributed by atoms with Crippen LogP contribution in [0.15, 0.2) is 42.5 Å². The van der Waals surface area contributed by atoms with Gasteiger partial charge in [0.1, 0.15) is 30.5 Å². The summed E-state index contributed by atoms with van der Waals surface area (Å²) < 4.78 is 5.67. The third-order valence-corrected chi connectivity index (χ3v) is 5.82. The van der Waals surface area contributed by atoms with Crippen LogP contribution in [0.2, 0.25) is 0 Å². The molecule has 0 aliphatic carbocycles. The maximum absolute atomic E-state index is 10.4. The van der Waals surface area contributed by atoms with E-state index in [0.29, 0.717) is 23.6 Å². The van der Waals surface area contributed by atoms with E-state index >= 15 is 0 Å². The largest absolute Gasteiger partial charge is 0.398 e. The zero-order valence-electron chi connectivity index (χ0n) is 17.6. The van der Waals surface area contributed by atoms with E-state index in [4.69, 9.17) is 10.5 Å². The zero-order valence-corrected chi connectivity index (χ0v) is 17.6. The van der Waals surface area contributed by atoms with Gasteiger partial charge in [0, 0.05) is 5.69 Å². The van der Waals surface area contributed by atoms with Gasteiger partial charge in [-0.2, -0.15) is 0 Å². The average molecular weight is 416 g/mol. The molecule has 0 radical (unpaired) electrons. The number of rotatable bonds is 7. The maximum Gasteiger partial charge on any atom is 0.113 e. The number of anilines is 1. The molecule has 5 atom stereocenters. The molecule has 6 nitrogen and oxygen atoms in total. The molecule has 30 heavy (non-hydrogen) atoms. The second-order valence-corrected chi connectivity index (χ2v) is 8.63. The molecule has 1 fully saturated rings. The Bertz CT molecular complexity index is 821. The van der Waals surface area contributed by atoms with Crippen LogP contribution < -0.4 is 5.73 Å². The molecule has 1 aliphatic rings. The first kappa shape index (κ1) is 22.7. The molecule has 164 valence electrons. The molecular weight excluding hydrogens is 382 g/mol. The highest BCUT2D eigenvalue weighted by Gasteiger charge is 2.43. The molecule has 1 aliphatic heterocycles. The second-order valence-electron chi connectivity index (χ2n) is 8.63.